The van der Waals surface area contributed by atoms with Crippen LogP contribution in [0.3, 0.4) is 0 Å². The second kappa shape index (κ2) is 13.4. The molecule has 0 atom stereocenters. The molecule has 0 aromatic heterocycles. The lowest BCUT2D eigenvalue weighted by Gasteiger charge is -2.13. The first-order valence-corrected chi connectivity index (χ1v) is 27.0. The van der Waals surface area contributed by atoms with Crippen LogP contribution in [-0.2, 0) is 0 Å². The van der Waals surface area contributed by atoms with Crippen molar-refractivity contribution >= 4 is 91.6 Å². The monoisotopic (exact) mass is 768 g/mol. The molecule has 0 spiro atoms. The molecule has 10 aromatic carbocycles. The number of rotatable bonds is 0. The Morgan fingerprint density at radius 3 is 0.862 bits per heavy atom. The number of benzene rings is 10. The fourth-order valence-electron chi connectivity index (χ4n) is 8.37. The van der Waals surface area contributed by atoms with E-state index in [9.17, 15) is 0 Å². The quantitative estimate of drug-likeness (QED) is 0.0819. The van der Waals surface area contributed by atoms with E-state index in [1.807, 2.05) is 0 Å². The van der Waals surface area contributed by atoms with Gasteiger partial charge >= 0.3 is 0 Å². The summed E-state index contributed by atoms with van der Waals surface area (Å²) in [4.78, 5) is 0. The average Bonchev–Trinajstić information content (AvgIpc) is 3.21. The predicted molar refractivity (Wildman–Crippen MR) is 257 cm³/mol. The highest BCUT2D eigenvalue weighted by molar-refractivity contribution is 6.84. The summed E-state index contributed by atoms with van der Waals surface area (Å²) in [6.45, 7) is 13.8. The van der Waals surface area contributed by atoms with Gasteiger partial charge in [-0.15, -0.1) is 11.1 Å². The van der Waals surface area contributed by atoms with Gasteiger partial charge in [-0.1, -0.05) is 172 Å². The third-order valence-corrected chi connectivity index (χ3v) is 12.8. The SMILES string of the molecule is C[Si](C)(C)C#Cc1ccc2ccc3c(C#Cc4cccc5cccc(C#Cc6ccc7ccc8c(C#C[Si](C)(C)C)ccc9ccc6c7c98)c45)ccc4ccc1c2c43. The molecule has 0 aliphatic rings. The van der Waals surface area contributed by atoms with Crippen molar-refractivity contribution in [3.05, 3.63) is 167 Å². The van der Waals surface area contributed by atoms with E-state index in [4.69, 9.17) is 0 Å². The molecule has 0 saturated carbocycles. The smallest absolute Gasteiger partial charge is 0.127 e. The van der Waals surface area contributed by atoms with Crippen molar-refractivity contribution in [2.45, 2.75) is 39.3 Å². The molecule has 272 valence electrons. The van der Waals surface area contributed by atoms with Crippen molar-refractivity contribution in [2.24, 2.45) is 0 Å². The minimum absolute atomic E-state index is 0.972. The largest absolute Gasteiger partial charge is 0.129 e. The number of hydrogen-bond acceptors (Lipinski definition) is 0. The fraction of sp³-hybridized carbons (Fsp3) is 0.107. The minimum Gasteiger partial charge on any atom is -0.127 e. The highest BCUT2D eigenvalue weighted by Gasteiger charge is 2.15. The Morgan fingerprint density at radius 2 is 0.534 bits per heavy atom. The van der Waals surface area contributed by atoms with E-state index in [0.29, 0.717) is 0 Å². The standard InChI is InChI=1S/C56H40Si2/c1-57(2,3)35-33-39-17-23-46-25-29-48-37(15-21-44-27-31-50(39)55(46)53(44)48)13-19-42-11-7-9-41-10-8-12-43(52(41)42)20-14-38-16-22-45-28-32-51-40(34-36-58(4,5)6)18-24-47-26-30-49(38)54(45)56(47)51/h7-12,15-18,21-32H,1-6H3. The molecule has 0 N–H and O–H groups in total. The maximum Gasteiger partial charge on any atom is 0.129 e. The number of hydrogen-bond donors (Lipinski definition) is 0. The Hall–Kier alpha value is -6.79. The second-order valence-corrected chi connectivity index (χ2v) is 27.0. The molecule has 0 saturated heterocycles. The lowest BCUT2D eigenvalue weighted by Crippen LogP contribution is -2.16. The van der Waals surface area contributed by atoms with Gasteiger partial charge in [0.05, 0.1) is 0 Å². The van der Waals surface area contributed by atoms with Crippen LogP contribution in [0.1, 0.15) is 33.4 Å². The van der Waals surface area contributed by atoms with E-state index >= 15 is 0 Å². The molecule has 0 aliphatic heterocycles. The van der Waals surface area contributed by atoms with Crippen molar-refractivity contribution < 1.29 is 0 Å². The van der Waals surface area contributed by atoms with Gasteiger partial charge in [-0.3, -0.25) is 0 Å². The highest BCUT2D eigenvalue weighted by atomic mass is 28.3. The normalized spacial score (nSPS) is 11.8. The Kier molecular flexibility index (Phi) is 8.24. The zero-order valence-corrected chi connectivity index (χ0v) is 35.7. The zero-order chi connectivity index (χ0) is 39.8. The van der Waals surface area contributed by atoms with Gasteiger partial charge in [0.25, 0.3) is 0 Å². The van der Waals surface area contributed by atoms with Gasteiger partial charge in [0.15, 0.2) is 0 Å². The van der Waals surface area contributed by atoms with Gasteiger partial charge < -0.3 is 0 Å². The molecule has 0 aliphatic carbocycles. The van der Waals surface area contributed by atoms with Crippen LogP contribution in [0.2, 0.25) is 39.3 Å². The minimum atomic E-state index is -1.53. The third-order valence-electron chi connectivity index (χ3n) is 11.0. The van der Waals surface area contributed by atoms with Gasteiger partial charge in [-0.25, -0.2) is 0 Å². The summed E-state index contributed by atoms with van der Waals surface area (Å²) in [6.07, 6.45) is 0. The van der Waals surface area contributed by atoms with Gasteiger partial charge in [0, 0.05) is 38.8 Å². The first kappa shape index (κ1) is 35.6. The fourth-order valence-corrected chi connectivity index (χ4v) is 9.39. The highest BCUT2D eigenvalue weighted by Crippen LogP contribution is 2.39. The molecular formula is C56H40Si2. The molecular weight excluding hydrogens is 729 g/mol. The van der Waals surface area contributed by atoms with E-state index < -0.39 is 16.1 Å². The van der Waals surface area contributed by atoms with E-state index in [1.165, 1.54) is 64.6 Å². The van der Waals surface area contributed by atoms with Crippen LogP contribution in [0.5, 0.6) is 0 Å². The Bertz CT molecular complexity index is 3360. The van der Waals surface area contributed by atoms with Gasteiger partial charge in [-0.05, 0) is 106 Å². The van der Waals surface area contributed by atoms with Crippen LogP contribution in [0.25, 0.3) is 75.4 Å². The molecule has 0 heterocycles. The van der Waals surface area contributed by atoms with Crippen molar-refractivity contribution in [1.82, 2.24) is 0 Å². The van der Waals surface area contributed by atoms with Crippen LogP contribution >= 0.6 is 0 Å². The van der Waals surface area contributed by atoms with E-state index in [-0.39, 0.29) is 0 Å². The summed E-state index contributed by atoms with van der Waals surface area (Å²) in [5.74, 6) is 21.5. The summed E-state index contributed by atoms with van der Waals surface area (Å²) in [6, 6.07) is 48.2. The Labute approximate surface area is 342 Å². The summed E-state index contributed by atoms with van der Waals surface area (Å²) in [5.41, 5.74) is 13.3. The molecule has 0 bridgehead atoms. The Morgan fingerprint density at radius 1 is 0.259 bits per heavy atom. The summed E-state index contributed by atoms with van der Waals surface area (Å²) >= 11 is 0. The summed E-state index contributed by atoms with van der Waals surface area (Å²) in [5, 5.41) is 16.9. The second-order valence-electron chi connectivity index (χ2n) is 17.5. The first-order valence-electron chi connectivity index (χ1n) is 20.0. The van der Waals surface area contributed by atoms with Crippen LogP contribution in [0, 0.1) is 46.6 Å². The zero-order valence-electron chi connectivity index (χ0n) is 33.7. The predicted octanol–water partition coefficient (Wildman–Crippen LogP) is 13.9. The maximum atomic E-state index is 3.61. The lowest BCUT2D eigenvalue weighted by atomic mass is 9.90. The van der Waals surface area contributed by atoms with Crippen molar-refractivity contribution in [2.75, 3.05) is 0 Å². The lowest BCUT2D eigenvalue weighted by molar-refractivity contribution is 1.66. The van der Waals surface area contributed by atoms with Gasteiger partial charge in [0.1, 0.15) is 16.1 Å². The van der Waals surface area contributed by atoms with Crippen molar-refractivity contribution in [1.29, 1.82) is 0 Å². The molecule has 58 heavy (non-hydrogen) atoms. The van der Waals surface area contributed by atoms with Crippen molar-refractivity contribution in [3.8, 4) is 46.6 Å². The number of fused-ring (bicyclic) bond motifs is 1. The molecule has 0 nitrogen and oxygen atoms in total. The molecule has 0 radical (unpaired) electrons. The molecule has 0 fully saturated rings. The van der Waals surface area contributed by atoms with Crippen LogP contribution in [0.15, 0.2) is 133 Å². The molecule has 0 unspecified atom stereocenters. The first-order chi connectivity index (χ1) is 28.0. The molecule has 10 aromatic rings. The van der Waals surface area contributed by atoms with Crippen LogP contribution in [0.4, 0.5) is 0 Å². The van der Waals surface area contributed by atoms with Crippen LogP contribution < -0.4 is 0 Å². The summed E-state index contributed by atoms with van der Waals surface area (Å²) < 4.78 is 0. The van der Waals surface area contributed by atoms with E-state index in [2.05, 4.69) is 219 Å². The maximum absolute atomic E-state index is 3.61. The average molecular weight is 769 g/mol. The Balaban J connectivity index is 1.09. The van der Waals surface area contributed by atoms with E-state index in [0.717, 1.165) is 44.2 Å². The topological polar surface area (TPSA) is 0 Å². The van der Waals surface area contributed by atoms with Gasteiger partial charge in [-0.2, -0.15) is 0 Å². The van der Waals surface area contributed by atoms with Crippen LogP contribution in [-0.4, -0.2) is 16.1 Å². The van der Waals surface area contributed by atoms with Crippen molar-refractivity contribution in [3.63, 3.8) is 0 Å². The molecule has 0 amide bonds. The molecule has 10 rings (SSSR count). The third kappa shape index (κ3) is 6.26. The van der Waals surface area contributed by atoms with E-state index in [1.54, 1.807) is 0 Å². The summed E-state index contributed by atoms with van der Waals surface area (Å²) in [7, 11) is -3.06. The van der Waals surface area contributed by atoms with Gasteiger partial charge in [0.2, 0.25) is 0 Å². The molecule has 2 heteroatoms.